The van der Waals surface area contributed by atoms with E-state index in [-0.39, 0.29) is 28.7 Å². The van der Waals surface area contributed by atoms with Gasteiger partial charge in [-0.2, -0.15) is 5.10 Å². The van der Waals surface area contributed by atoms with Gasteiger partial charge in [-0.15, -0.1) is 0 Å². The number of nitrogens with zero attached hydrogens (tertiary/aromatic N) is 4. The fraction of sp³-hybridized carbons (Fsp3) is 0.300. The molecule has 9 nitrogen and oxygen atoms in total. The predicted molar refractivity (Wildman–Crippen MR) is 109 cm³/mol. The van der Waals surface area contributed by atoms with Crippen molar-refractivity contribution >= 4 is 38.4 Å². The zero-order valence-corrected chi connectivity index (χ0v) is 17.1. The highest BCUT2D eigenvalue weighted by Gasteiger charge is 2.41. The number of aromatic nitrogens is 3. The highest BCUT2D eigenvalue weighted by atomic mass is 32.2. The van der Waals surface area contributed by atoms with Crippen molar-refractivity contribution < 1.29 is 22.7 Å². The van der Waals surface area contributed by atoms with E-state index in [1.807, 2.05) is 0 Å². The molecule has 1 fully saturated rings. The summed E-state index contributed by atoms with van der Waals surface area (Å²) in [7, 11) is -1.58. The van der Waals surface area contributed by atoms with Crippen molar-refractivity contribution in [2.45, 2.75) is 19.4 Å². The minimum Gasteiger partial charge on any atom is -0.497 e. The van der Waals surface area contributed by atoms with Crippen molar-refractivity contribution in [2.75, 3.05) is 23.5 Å². The van der Waals surface area contributed by atoms with Gasteiger partial charge < -0.3 is 4.74 Å². The summed E-state index contributed by atoms with van der Waals surface area (Å²) in [6.45, 7) is 1.73. The maximum atomic E-state index is 13.3. The van der Waals surface area contributed by atoms with Crippen molar-refractivity contribution in [3.8, 4) is 5.75 Å². The quantitative estimate of drug-likeness (QED) is 0.588. The molecule has 3 aromatic rings. The third-order valence-electron chi connectivity index (χ3n) is 5.63. The lowest BCUT2D eigenvalue weighted by Crippen LogP contribution is -2.29. The Kier molecular flexibility index (Phi) is 3.97. The van der Waals surface area contributed by atoms with Crippen LogP contribution in [0.4, 0.5) is 5.69 Å². The molecule has 2 aliphatic heterocycles. The molecule has 10 heteroatoms. The van der Waals surface area contributed by atoms with Crippen LogP contribution in [0.15, 0.2) is 30.5 Å². The second-order valence-electron chi connectivity index (χ2n) is 7.48. The van der Waals surface area contributed by atoms with Gasteiger partial charge in [-0.25, -0.2) is 23.0 Å². The van der Waals surface area contributed by atoms with Gasteiger partial charge in [-0.05, 0) is 37.6 Å². The molecule has 0 bridgehead atoms. The summed E-state index contributed by atoms with van der Waals surface area (Å²) in [5.41, 5.74) is 1.86. The van der Waals surface area contributed by atoms with E-state index in [1.54, 1.807) is 35.9 Å². The van der Waals surface area contributed by atoms with E-state index in [2.05, 4.69) is 10.1 Å². The van der Waals surface area contributed by atoms with Crippen LogP contribution < -0.4 is 9.64 Å². The Morgan fingerprint density at radius 1 is 1.13 bits per heavy atom. The number of benzene rings is 1. The van der Waals surface area contributed by atoms with Gasteiger partial charge in [-0.1, -0.05) is 0 Å². The molecule has 5 rings (SSSR count). The van der Waals surface area contributed by atoms with Gasteiger partial charge in [0.1, 0.15) is 5.75 Å². The average molecular weight is 426 g/mol. The molecular weight excluding hydrogens is 408 g/mol. The molecule has 1 aromatic carbocycles. The van der Waals surface area contributed by atoms with Gasteiger partial charge in [0.15, 0.2) is 15.5 Å². The van der Waals surface area contributed by atoms with Crippen LogP contribution in [0.5, 0.6) is 5.75 Å². The number of carbonyl (C=O) groups excluding carboxylic acids is 2. The highest BCUT2D eigenvalue weighted by molar-refractivity contribution is 7.91. The summed E-state index contributed by atoms with van der Waals surface area (Å²) in [6, 6.07) is 6.31. The third kappa shape index (κ3) is 2.63. The Morgan fingerprint density at radius 3 is 2.50 bits per heavy atom. The molecule has 0 radical (unpaired) electrons. The normalized spacial score (nSPS) is 20.2. The first-order valence-corrected chi connectivity index (χ1v) is 11.2. The van der Waals surface area contributed by atoms with Crippen molar-refractivity contribution in [3.63, 3.8) is 0 Å². The van der Waals surface area contributed by atoms with Crippen LogP contribution in [0, 0.1) is 6.92 Å². The first-order chi connectivity index (χ1) is 14.3. The van der Waals surface area contributed by atoms with Crippen molar-refractivity contribution in [2.24, 2.45) is 0 Å². The van der Waals surface area contributed by atoms with E-state index in [9.17, 15) is 18.0 Å². The summed E-state index contributed by atoms with van der Waals surface area (Å²) >= 11 is 0. The number of pyridine rings is 1. The lowest BCUT2D eigenvalue weighted by Gasteiger charge is -2.14. The van der Waals surface area contributed by atoms with Gasteiger partial charge >= 0.3 is 0 Å². The number of imide groups is 1. The lowest BCUT2D eigenvalue weighted by atomic mass is 10.1. The van der Waals surface area contributed by atoms with Gasteiger partial charge in [0, 0.05) is 6.20 Å². The highest BCUT2D eigenvalue weighted by Crippen LogP contribution is 2.36. The SMILES string of the molecule is COc1ccc(N2C(=O)c3cnc4c(c(C)nn4C4CCS(=O)(=O)C4)c3C2=O)cc1. The number of hydrogen-bond acceptors (Lipinski definition) is 7. The standard InChI is InChI=1S/C20H18N4O5S/c1-11-16-17-15(9-21-18(16)24(22-11)13-7-8-30(27,28)10-13)19(25)23(20(17)26)12-3-5-14(29-2)6-4-12/h3-6,9,13H,7-8,10H2,1-2H3. The Balaban J connectivity index is 1.63. The average Bonchev–Trinajstić information content (AvgIpc) is 3.34. The Hall–Kier alpha value is -3.27. The molecule has 1 saturated heterocycles. The van der Waals surface area contributed by atoms with Crippen molar-refractivity contribution in [3.05, 3.63) is 47.3 Å². The number of hydrogen-bond donors (Lipinski definition) is 0. The van der Waals surface area contributed by atoms with Crippen LogP contribution in [0.25, 0.3) is 11.0 Å². The van der Waals surface area contributed by atoms with Crippen LogP contribution >= 0.6 is 0 Å². The van der Waals surface area contributed by atoms with E-state index in [0.717, 1.165) is 4.90 Å². The first kappa shape index (κ1) is 18.7. The number of ether oxygens (including phenoxy) is 1. The molecule has 154 valence electrons. The molecule has 2 aromatic heterocycles. The topological polar surface area (TPSA) is 111 Å². The lowest BCUT2D eigenvalue weighted by molar-refractivity contribution is 0.0926. The third-order valence-corrected chi connectivity index (χ3v) is 7.38. The number of methoxy groups -OCH3 is 1. The van der Waals surface area contributed by atoms with Crippen LogP contribution in [-0.2, 0) is 9.84 Å². The predicted octanol–water partition coefficient (Wildman–Crippen LogP) is 1.91. The minimum absolute atomic E-state index is 0.00711. The second kappa shape index (κ2) is 6.36. The summed E-state index contributed by atoms with van der Waals surface area (Å²) in [5, 5.41) is 4.98. The molecule has 1 unspecified atom stereocenters. The molecule has 1 atom stereocenters. The molecule has 0 saturated carbocycles. The van der Waals surface area contributed by atoms with Crippen LogP contribution in [0.1, 0.15) is 38.9 Å². The van der Waals surface area contributed by atoms with Crippen molar-refractivity contribution in [1.82, 2.24) is 14.8 Å². The molecule has 0 aliphatic carbocycles. The van der Waals surface area contributed by atoms with E-state index in [1.165, 1.54) is 13.3 Å². The Bertz CT molecular complexity index is 1330. The fourth-order valence-corrected chi connectivity index (χ4v) is 5.87. The molecule has 0 spiro atoms. The van der Waals surface area contributed by atoms with Gasteiger partial charge in [0.2, 0.25) is 0 Å². The first-order valence-electron chi connectivity index (χ1n) is 9.42. The summed E-state index contributed by atoms with van der Waals surface area (Å²) in [4.78, 5) is 31.8. The monoisotopic (exact) mass is 426 g/mol. The number of amides is 2. The smallest absolute Gasteiger partial charge is 0.267 e. The Labute approximate surface area is 172 Å². The van der Waals surface area contributed by atoms with Gasteiger partial charge in [0.25, 0.3) is 11.8 Å². The number of aryl methyl sites for hydroxylation is 1. The number of carbonyl (C=O) groups is 2. The van der Waals surface area contributed by atoms with Crippen LogP contribution in [-0.4, -0.2) is 53.6 Å². The number of rotatable bonds is 3. The Morgan fingerprint density at radius 2 is 1.87 bits per heavy atom. The van der Waals surface area contributed by atoms with E-state index in [4.69, 9.17) is 4.74 Å². The van der Waals surface area contributed by atoms with Gasteiger partial charge in [0.05, 0.1) is 52.6 Å². The van der Waals surface area contributed by atoms with Crippen LogP contribution in [0.3, 0.4) is 0 Å². The molecule has 30 heavy (non-hydrogen) atoms. The summed E-state index contributed by atoms with van der Waals surface area (Å²) < 4.78 is 30.5. The maximum Gasteiger partial charge on any atom is 0.267 e. The number of anilines is 1. The van der Waals surface area contributed by atoms with E-state index in [0.29, 0.717) is 34.6 Å². The van der Waals surface area contributed by atoms with E-state index < -0.39 is 21.7 Å². The molecular formula is C20H18N4O5S. The summed E-state index contributed by atoms with van der Waals surface area (Å²) in [5.74, 6) is -0.194. The van der Waals surface area contributed by atoms with E-state index >= 15 is 0 Å². The maximum absolute atomic E-state index is 13.3. The molecule has 4 heterocycles. The number of sulfone groups is 1. The zero-order valence-electron chi connectivity index (χ0n) is 16.3. The minimum atomic E-state index is -3.11. The zero-order chi connectivity index (χ0) is 21.2. The summed E-state index contributed by atoms with van der Waals surface area (Å²) in [6.07, 6.45) is 1.82. The second-order valence-corrected chi connectivity index (χ2v) is 9.70. The fourth-order valence-electron chi connectivity index (χ4n) is 4.17. The molecule has 2 aliphatic rings. The molecule has 0 N–H and O–H groups in total. The van der Waals surface area contributed by atoms with Crippen molar-refractivity contribution in [1.29, 1.82) is 0 Å². The molecule has 2 amide bonds. The largest absolute Gasteiger partial charge is 0.497 e. The number of fused-ring (bicyclic) bond motifs is 3. The van der Waals surface area contributed by atoms with Gasteiger partial charge in [-0.3, -0.25) is 9.59 Å². The van der Waals surface area contributed by atoms with Crippen LogP contribution in [0.2, 0.25) is 0 Å².